The van der Waals surface area contributed by atoms with E-state index in [1.807, 2.05) is 12.1 Å². The lowest BCUT2D eigenvalue weighted by molar-refractivity contribution is -0.142. The first kappa shape index (κ1) is 16.6. The zero-order chi connectivity index (χ0) is 14.5. The molecule has 6 heteroatoms. The molecule has 0 bridgehead atoms. The average molecular weight is 322 g/mol. The van der Waals surface area contributed by atoms with Gasteiger partial charge in [-0.3, -0.25) is 4.79 Å². The van der Waals surface area contributed by atoms with E-state index in [0.717, 1.165) is 23.5 Å². The van der Waals surface area contributed by atoms with Gasteiger partial charge in [-0.05, 0) is 43.7 Å². The number of hydrogen-bond donors (Lipinski definition) is 2. The maximum Gasteiger partial charge on any atom is 0.323 e. The van der Waals surface area contributed by atoms with Crippen LogP contribution in [0.25, 0.3) is 0 Å². The third-order valence-electron chi connectivity index (χ3n) is 2.74. The van der Waals surface area contributed by atoms with Gasteiger partial charge in [0.25, 0.3) is 0 Å². The molecule has 1 aromatic carbocycles. The van der Waals surface area contributed by atoms with Gasteiger partial charge in [0, 0.05) is 4.90 Å². The molecule has 1 atom stereocenters. The van der Waals surface area contributed by atoms with Gasteiger partial charge >= 0.3 is 5.97 Å². The van der Waals surface area contributed by atoms with E-state index in [9.17, 15) is 4.79 Å². The number of carboxylic acid groups (broad SMARTS) is 1. The minimum absolute atomic E-state index is 0.476. The Kier molecular flexibility index (Phi) is 6.47. The van der Waals surface area contributed by atoms with Gasteiger partial charge in [0.15, 0.2) is 0 Å². The summed E-state index contributed by atoms with van der Waals surface area (Å²) in [6.07, 6.45) is 2.17. The highest BCUT2D eigenvalue weighted by Gasteiger charge is 2.26. The molecular weight excluding hydrogens is 305 g/mol. The molecule has 3 nitrogen and oxygen atoms in total. The number of rotatable bonds is 7. The Balaban J connectivity index is 2.28. The Bertz CT molecular complexity index is 452. The number of aliphatic carboxylic acids is 1. The predicted molar refractivity (Wildman–Crippen MR) is 81.3 cm³/mol. The molecule has 1 rings (SSSR count). The second-order valence-electron chi connectivity index (χ2n) is 4.60. The SMILES string of the molecule is CC(N)(CCCCSc1ccc(Cl)c(Cl)c1)C(=O)O. The first-order valence-electron chi connectivity index (χ1n) is 5.93. The number of halogens is 2. The van der Waals surface area contributed by atoms with E-state index in [0.29, 0.717) is 16.5 Å². The molecule has 0 aliphatic rings. The molecule has 106 valence electrons. The van der Waals surface area contributed by atoms with E-state index in [1.54, 1.807) is 24.8 Å². The van der Waals surface area contributed by atoms with Crippen molar-refractivity contribution in [1.82, 2.24) is 0 Å². The molecule has 1 unspecified atom stereocenters. The first-order chi connectivity index (χ1) is 8.83. The van der Waals surface area contributed by atoms with Crippen LogP contribution in [-0.2, 0) is 4.79 Å². The third kappa shape index (κ3) is 5.61. The van der Waals surface area contributed by atoms with Crippen molar-refractivity contribution < 1.29 is 9.90 Å². The zero-order valence-corrected chi connectivity index (χ0v) is 13.0. The summed E-state index contributed by atoms with van der Waals surface area (Å²) in [5.74, 6) is -0.0576. The number of hydrogen-bond acceptors (Lipinski definition) is 3. The molecule has 0 spiro atoms. The van der Waals surface area contributed by atoms with Gasteiger partial charge in [-0.25, -0.2) is 0 Å². The van der Waals surface area contributed by atoms with Crippen LogP contribution in [0.4, 0.5) is 0 Å². The van der Waals surface area contributed by atoms with Crippen LogP contribution in [0.2, 0.25) is 10.0 Å². The summed E-state index contributed by atoms with van der Waals surface area (Å²) in [6.45, 7) is 1.54. The lowest BCUT2D eigenvalue weighted by atomic mass is 9.97. The molecule has 1 aromatic rings. The van der Waals surface area contributed by atoms with E-state index in [1.165, 1.54) is 0 Å². The van der Waals surface area contributed by atoms with Crippen molar-refractivity contribution >= 4 is 40.9 Å². The normalized spacial score (nSPS) is 14.1. The lowest BCUT2D eigenvalue weighted by Gasteiger charge is -2.18. The minimum Gasteiger partial charge on any atom is -0.480 e. The fourth-order valence-corrected chi connectivity index (χ4v) is 2.77. The number of nitrogens with two attached hydrogens (primary N) is 1. The highest BCUT2D eigenvalue weighted by atomic mass is 35.5. The smallest absolute Gasteiger partial charge is 0.323 e. The monoisotopic (exact) mass is 321 g/mol. The molecule has 0 amide bonds. The van der Waals surface area contributed by atoms with Crippen molar-refractivity contribution in [3.05, 3.63) is 28.2 Å². The first-order valence-corrected chi connectivity index (χ1v) is 7.67. The molecule has 0 saturated carbocycles. The second kappa shape index (κ2) is 7.39. The summed E-state index contributed by atoms with van der Waals surface area (Å²) in [5, 5.41) is 9.97. The van der Waals surface area contributed by atoms with E-state index in [4.69, 9.17) is 34.0 Å². The van der Waals surface area contributed by atoms with Crippen LogP contribution >= 0.6 is 35.0 Å². The highest BCUT2D eigenvalue weighted by Crippen LogP contribution is 2.28. The van der Waals surface area contributed by atoms with Crippen molar-refractivity contribution in [2.45, 2.75) is 36.6 Å². The number of unbranched alkanes of at least 4 members (excludes halogenated alkanes) is 1. The maximum atomic E-state index is 10.8. The van der Waals surface area contributed by atoms with Crippen molar-refractivity contribution in [3.63, 3.8) is 0 Å². The lowest BCUT2D eigenvalue weighted by Crippen LogP contribution is -2.44. The molecular formula is C13H17Cl2NO2S. The highest BCUT2D eigenvalue weighted by molar-refractivity contribution is 7.99. The van der Waals surface area contributed by atoms with Crippen LogP contribution in [-0.4, -0.2) is 22.4 Å². The predicted octanol–water partition coefficient (Wildman–Crippen LogP) is 4.06. The van der Waals surface area contributed by atoms with Gasteiger partial charge in [-0.1, -0.05) is 29.6 Å². The number of benzene rings is 1. The average Bonchev–Trinajstić information content (AvgIpc) is 2.33. The zero-order valence-electron chi connectivity index (χ0n) is 10.7. The largest absolute Gasteiger partial charge is 0.480 e. The van der Waals surface area contributed by atoms with Gasteiger partial charge in [0.1, 0.15) is 5.54 Å². The standard InChI is InChI=1S/C13H17Cl2NO2S/c1-13(16,12(17)18)6-2-3-7-19-9-4-5-10(14)11(15)8-9/h4-5,8H,2-3,6-7,16H2,1H3,(H,17,18). The van der Waals surface area contributed by atoms with E-state index < -0.39 is 11.5 Å². The summed E-state index contributed by atoms with van der Waals surface area (Å²) in [4.78, 5) is 11.9. The van der Waals surface area contributed by atoms with Crippen LogP contribution < -0.4 is 5.73 Å². The van der Waals surface area contributed by atoms with Crippen molar-refractivity contribution in [1.29, 1.82) is 0 Å². The Hall–Kier alpha value is -0.420. The van der Waals surface area contributed by atoms with Gasteiger partial charge in [-0.15, -0.1) is 11.8 Å². The fraction of sp³-hybridized carbons (Fsp3) is 0.462. The Morgan fingerprint density at radius 3 is 2.63 bits per heavy atom. The van der Waals surface area contributed by atoms with Crippen LogP contribution in [0, 0.1) is 0 Å². The minimum atomic E-state index is -1.13. The summed E-state index contributed by atoms with van der Waals surface area (Å²) >= 11 is 13.4. The van der Waals surface area contributed by atoms with Crippen LogP contribution in [0.3, 0.4) is 0 Å². The molecule has 19 heavy (non-hydrogen) atoms. The molecule has 0 heterocycles. The second-order valence-corrected chi connectivity index (χ2v) is 6.59. The Morgan fingerprint density at radius 2 is 2.05 bits per heavy atom. The maximum absolute atomic E-state index is 10.8. The van der Waals surface area contributed by atoms with Crippen LogP contribution in [0.15, 0.2) is 23.1 Å². The summed E-state index contributed by atoms with van der Waals surface area (Å²) in [7, 11) is 0. The topological polar surface area (TPSA) is 63.3 Å². The number of carbonyl (C=O) groups is 1. The fourth-order valence-electron chi connectivity index (χ4n) is 1.46. The Labute approximate surface area is 127 Å². The van der Waals surface area contributed by atoms with Gasteiger partial charge in [0.2, 0.25) is 0 Å². The molecule has 3 N–H and O–H groups in total. The van der Waals surface area contributed by atoms with Gasteiger partial charge < -0.3 is 10.8 Å². The third-order valence-corrected chi connectivity index (χ3v) is 4.56. The van der Waals surface area contributed by atoms with Crippen molar-refractivity contribution in [2.24, 2.45) is 5.73 Å². The number of carboxylic acids is 1. The van der Waals surface area contributed by atoms with E-state index >= 15 is 0 Å². The molecule has 0 aromatic heterocycles. The Morgan fingerprint density at radius 1 is 1.37 bits per heavy atom. The molecule has 0 aliphatic carbocycles. The van der Waals surface area contributed by atoms with Crippen LogP contribution in [0.1, 0.15) is 26.2 Å². The van der Waals surface area contributed by atoms with E-state index in [2.05, 4.69) is 0 Å². The molecule has 0 fully saturated rings. The van der Waals surface area contributed by atoms with Crippen LogP contribution in [0.5, 0.6) is 0 Å². The molecule has 0 radical (unpaired) electrons. The molecule has 0 aliphatic heterocycles. The molecule has 0 saturated heterocycles. The van der Waals surface area contributed by atoms with E-state index in [-0.39, 0.29) is 0 Å². The number of thioether (sulfide) groups is 1. The van der Waals surface area contributed by atoms with Crippen molar-refractivity contribution in [2.75, 3.05) is 5.75 Å². The summed E-state index contributed by atoms with van der Waals surface area (Å²) < 4.78 is 0. The van der Waals surface area contributed by atoms with Gasteiger partial charge in [0.05, 0.1) is 10.0 Å². The van der Waals surface area contributed by atoms with Crippen molar-refractivity contribution in [3.8, 4) is 0 Å². The summed E-state index contributed by atoms with van der Waals surface area (Å²) in [5.41, 5.74) is 4.52. The summed E-state index contributed by atoms with van der Waals surface area (Å²) in [6, 6.07) is 5.52. The van der Waals surface area contributed by atoms with Gasteiger partial charge in [-0.2, -0.15) is 0 Å². The quantitative estimate of drug-likeness (QED) is 0.587.